The smallest absolute Gasteiger partial charge is 0.0203 e. The monoisotopic (exact) mass is 255 g/mol. The standard InChI is InChI=1S/C15H29NS/c1-3-10-16-14-8-5-9-15(14)17-13-7-4-6-12(2)11-13/h12-16H,3-11H2,1-2H3. The Morgan fingerprint density at radius 1 is 1.12 bits per heavy atom. The van der Waals surface area contributed by atoms with Crippen molar-refractivity contribution in [3.05, 3.63) is 0 Å². The van der Waals surface area contributed by atoms with Crippen LogP contribution in [-0.2, 0) is 0 Å². The van der Waals surface area contributed by atoms with Gasteiger partial charge in [0.1, 0.15) is 0 Å². The fourth-order valence-corrected chi connectivity index (χ4v) is 5.36. The lowest BCUT2D eigenvalue weighted by molar-refractivity contribution is 0.393. The van der Waals surface area contributed by atoms with Crippen molar-refractivity contribution in [1.82, 2.24) is 5.32 Å². The molecule has 2 aliphatic carbocycles. The van der Waals surface area contributed by atoms with E-state index >= 15 is 0 Å². The molecule has 2 saturated carbocycles. The molecule has 0 spiro atoms. The normalized spacial score (nSPS) is 38.5. The molecule has 4 atom stereocenters. The molecule has 0 radical (unpaired) electrons. The van der Waals surface area contributed by atoms with Crippen molar-refractivity contribution in [1.29, 1.82) is 0 Å². The Bertz CT molecular complexity index is 219. The van der Waals surface area contributed by atoms with Gasteiger partial charge >= 0.3 is 0 Å². The predicted molar refractivity (Wildman–Crippen MR) is 78.7 cm³/mol. The summed E-state index contributed by atoms with van der Waals surface area (Å²) in [6, 6.07) is 0.817. The summed E-state index contributed by atoms with van der Waals surface area (Å²) in [4.78, 5) is 0. The molecule has 0 heterocycles. The summed E-state index contributed by atoms with van der Waals surface area (Å²) in [7, 11) is 0. The highest BCUT2D eigenvalue weighted by Crippen LogP contribution is 2.39. The number of rotatable bonds is 5. The lowest BCUT2D eigenvalue weighted by Gasteiger charge is -2.30. The van der Waals surface area contributed by atoms with E-state index in [9.17, 15) is 0 Å². The summed E-state index contributed by atoms with van der Waals surface area (Å²) >= 11 is 2.33. The summed E-state index contributed by atoms with van der Waals surface area (Å²) in [5, 5.41) is 5.64. The van der Waals surface area contributed by atoms with Crippen molar-refractivity contribution in [3.63, 3.8) is 0 Å². The SMILES string of the molecule is CCCNC1CCCC1SC1CCCC(C)C1. The van der Waals surface area contributed by atoms with Gasteiger partial charge in [0.25, 0.3) is 0 Å². The molecule has 0 aliphatic heterocycles. The highest BCUT2D eigenvalue weighted by Gasteiger charge is 2.30. The van der Waals surface area contributed by atoms with Crippen molar-refractivity contribution in [3.8, 4) is 0 Å². The minimum absolute atomic E-state index is 0.817. The van der Waals surface area contributed by atoms with E-state index in [-0.39, 0.29) is 0 Å². The third kappa shape index (κ3) is 4.17. The van der Waals surface area contributed by atoms with E-state index in [4.69, 9.17) is 0 Å². The molecule has 0 saturated heterocycles. The van der Waals surface area contributed by atoms with Crippen LogP contribution in [0.2, 0.25) is 0 Å². The molecule has 2 heteroatoms. The van der Waals surface area contributed by atoms with E-state index in [1.54, 1.807) is 0 Å². The fraction of sp³-hybridized carbons (Fsp3) is 1.00. The zero-order chi connectivity index (χ0) is 12.1. The molecular weight excluding hydrogens is 226 g/mol. The Kier molecular flexibility index (Phi) is 5.68. The highest BCUT2D eigenvalue weighted by molar-refractivity contribution is 8.00. The van der Waals surface area contributed by atoms with Crippen molar-refractivity contribution in [2.24, 2.45) is 5.92 Å². The number of thioether (sulfide) groups is 1. The summed E-state index contributed by atoms with van der Waals surface area (Å²) in [5.41, 5.74) is 0. The molecule has 2 fully saturated rings. The molecule has 4 unspecified atom stereocenters. The lowest BCUT2D eigenvalue weighted by atomic mass is 9.91. The van der Waals surface area contributed by atoms with E-state index in [0.717, 1.165) is 22.5 Å². The maximum atomic E-state index is 3.76. The molecule has 0 amide bonds. The van der Waals surface area contributed by atoms with E-state index in [1.165, 1.54) is 57.9 Å². The Hall–Kier alpha value is 0.310. The van der Waals surface area contributed by atoms with Gasteiger partial charge in [0, 0.05) is 16.5 Å². The van der Waals surface area contributed by atoms with Crippen LogP contribution in [0.4, 0.5) is 0 Å². The van der Waals surface area contributed by atoms with Crippen LogP contribution in [0.3, 0.4) is 0 Å². The molecule has 100 valence electrons. The second kappa shape index (κ2) is 7.04. The first-order valence-corrected chi connectivity index (χ1v) is 8.62. The van der Waals surface area contributed by atoms with Crippen molar-refractivity contribution in [2.45, 2.75) is 81.8 Å². The van der Waals surface area contributed by atoms with Gasteiger partial charge in [-0.1, -0.05) is 33.1 Å². The molecule has 0 aromatic carbocycles. The van der Waals surface area contributed by atoms with Crippen LogP contribution >= 0.6 is 11.8 Å². The van der Waals surface area contributed by atoms with Gasteiger partial charge in [-0.05, 0) is 44.6 Å². The zero-order valence-electron chi connectivity index (χ0n) is 11.6. The van der Waals surface area contributed by atoms with Gasteiger partial charge in [0.05, 0.1) is 0 Å². The van der Waals surface area contributed by atoms with Gasteiger partial charge in [0.2, 0.25) is 0 Å². The third-order valence-corrected chi connectivity index (χ3v) is 6.09. The van der Waals surface area contributed by atoms with Crippen LogP contribution in [-0.4, -0.2) is 23.1 Å². The maximum Gasteiger partial charge on any atom is 0.0203 e. The minimum atomic E-state index is 0.817. The van der Waals surface area contributed by atoms with Crippen LogP contribution in [0.1, 0.15) is 65.2 Å². The van der Waals surface area contributed by atoms with Gasteiger partial charge in [-0.3, -0.25) is 0 Å². The Balaban J connectivity index is 1.76. The molecule has 2 rings (SSSR count). The summed E-state index contributed by atoms with van der Waals surface area (Å²) in [6.45, 7) is 5.92. The van der Waals surface area contributed by atoms with Gasteiger partial charge in [0.15, 0.2) is 0 Å². The van der Waals surface area contributed by atoms with Crippen molar-refractivity contribution in [2.75, 3.05) is 6.54 Å². The molecule has 2 aliphatic rings. The Morgan fingerprint density at radius 2 is 1.94 bits per heavy atom. The second-order valence-corrected chi connectivity index (χ2v) is 7.60. The Morgan fingerprint density at radius 3 is 2.71 bits per heavy atom. The largest absolute Gasteiger partial charge is 0.313 e. The maximum absolute atomic E-state index is 3.76. The van der Waals surface area contributed by atoms with Gasteiger partial charge in [-0.15, -0.1) is 0 Å². The molecule has 0 aromatic heterocycles. The predicted octanol–water partition coefficient (Wildman–Crippen LogP) is 4.22. The molecule has 17 heavy (non-hydrogen) atoms. The molecule has 0 bridgehead atoms. The zero-order valence-corrected chi connectivity index (χ0v) is 12.4. The first-order valence-electron chi connectivity index (χ1n) is 7.68. The topological polar surface area (TPSA) is 12.0 Å². The summed E-state index contributed by atoms with van der Waals surface area (Å²) < 4.78 is 0. The highest BCUT2D eigenvalue weighted by atomic mass is 32.2. The van der Waals surface area contributed by atoms with Gasteiger partial charge in [-0.25, -0.2) is 0 Å². The van der Waals surface area contributed by atoms with Crippen LogP contribution in [0.5, 0.6) is 0 Å². The van der Waals surface area contributed by atoms with Crippen molar-refractivity contribution >= 4 is 11.8 Å². The first-order chi connectivity index (χ1) is 8.29. The second-order valence-electron chi connectivity index (χ2n) is 6.06. The summed E-state index contributed by atoms with van der Waals surface area (Å²) in [5.74, 6) is 0.977. The van der Waals surface area contributed by atoms with Crippen LogP contribution in [0.15, 0.2) is 0 Å². The molecule has 0 aromatic rings. The van der Waals surface area contributed by atoms with Gasteiger partial charge in [-0.2, -0.15) is 11.8 Å². The first kappa shape index (κ1) is 13.7. The number of nitrogens with one attached hydrogen (secondary N) is 1. The average molecular weight is 255 g/mol. The quantitative estimate of drug-likeness (QED) is 0.789. The van der Waals surface area contributed by atoms with E-state index in [0.29, 0.717) is 0 Å². The minimum Gasteiger partial charge on any atom is -0.313 e. The van der Waals surface area contributed by atoms with Crippen LogP contribution in [0, 0.1) is 5.92 Å². The third-order valence-electron chi connectivity index (χ3n) is 4.36. The molecule has 1 N–H and O–H groups in total. The average Bonchev–Trinajstić information content (AvgIpc) is 2.74. The fourth-order valence-electron chi connectivity index (χ4n) is 3.40. The van der Waals surface area contributed by atoms with E-state index in [1.807, 2.05) is 0 Å². The van der Waals surface area contributed by atoms with E-state index in [2.05, 4.69) is 30.9 Å². The number of hydrogen-bond acceptors (Lipinski definition) is 2. The molecule has 1 nitrogen and oxygen atoms in total. The summed E-state index contributed by atoms with van der Waals surface area (Å²) in [6.07, 6.45) is 11.5. The van der Waals surface area contributed by atoms with Crippen LogP contribution < -0.4 is 5.32 Å². The van der Waals surface area contributed by atoms with E-state index < -0.39 is 0 Å². The van der Waals surface area contributed by atoms with Crippen LogP contribution in [0.25, 0.3) is 0 Å². The molecular formula is C15H29NS. The van der Waals surface area contributed by atoms with Crippen molar-refractivity contribution < 1.29 is 0 Å². The van der Waals surface area contributed by atoms with Gasteiger partial charge < -0.3 is 5.32 Å². The lowest BCUT2D eigenvalue weighted by Crippen LogP contribution is -2.36. The Labute approximate surface area is 112 Å². The number of hydrogen-bond donors (Lipinski definition) is 1.